The van der Waals surface area contributed by atoms with Crippen molar-refractivity contribution in [3.05, 3.63) is 34.7 Å². The first-order chi connectivity index (χ1) is 13.5. The summed E-state index contributed by atoms with van der Waals surface area (Å²) in [5.74, 6) is 0.0100. The summed E-state index contributed by atoms with van der Waals surface area (Å²) in [6.07, 6.45) is 4.91. The normalized spacial score (nSPS) is 21.5. The number of likely N-dealkylation sites (tertiary alicyclic amines) is 1. The molecule has 3 amide bonds. The van der Waals surface area contributed by atoms with E-state index < -0.39 is 11.1 Å². The lowest BCUT2D eigenvalue weighted by Crippen LogP contribution is -2.49. The Morgan fingerprint density at radius 2 is 2.04 bits per heavy atom. The monoisotopic (exact) mass is 404 g/mol. The van der Waals surface area contributed by atoms with Crippen LogP contribution in [0.25, 0.3) is 6.08 Å². The number of methoxy groups -OCH3 is 1. The molecule has 1 N–H and O–H groups in total. The van der Waals surface area contributed by atoms with E-state index in [1.807, 2.05) is 0 Å². The Hall–Kier alpha value is -2.32. The molecule has 0 aliphatic carbocycles. The molecule has 8 heteroatoms. The average molecular weight is 404 g/mol. The minimum atomic E-state index is -0.449. The molecular weight excluding hydrogens is 380 g/mol. The highest BCUT2D eigenvalue weighted by atomic mass is 32.2. The van der Waals surface area contributed by atoms with Crippen molar-refractivity contribution in [1.29, 1.82) is 0 Å². The lowest BCUT2D eigenvalue weighted by molar-refractivity contribution is -0.139. The number of benzene rings is 1. The number of aliphatic hydroxyl groups is 1. The molecule has 2 aliphatic heterocycles. The number of carbonyl (C=O) groups excluding carboxylic acids is 3. The van der Waals surface area contributed by atoms with E-state index in [-0.39, 0.29) is 25.1 Å². The molecule has 28 heavy (non-hydrogen) atoms. The van der Waals surface area contributed by atoms with Crippen molar-refractivity contribution in [2.45, 2.75) is 31.7 Å². The first-order valence-corrected chi connectivity index (χ1v) is 10.1. The zero-order valence-electron chi connectivity index (χ0n) is 15.8. The third-order valence-corrected chi connectivity index (χ3v) is 5.90. The molecule has 1 aromatic rings. The molecule has 1 atom stereocenters. The Kier molecular flexibility index (Phi) is 6.74. The molecule has 0 radical (unpaired) electrons. The van der Waals surface area contributed by atoms with E-state index in [0.29, 0.717) is 23.6 Å². The largest absolute Gasteiger partial charge is 0.497 e. The molecule has 3 rings (SSSR count). The van der Waals surface area contributed by atoms with Gasteiger partial charge in [0, 0.05) is 19.2 Å². The number of amides is 3. The topological polar surface area (TPSA) is 87.2 Å². The molecule has 1 aromatic carbocycles. The van der Waals surface area contributed by atoms with E-state index in [4.69, 9.17) is 4.74 Å². The highest BCUT2D eigenvalue weighted by Crippen LogP contribution is 2.32. The van der Waals surface area contributed by atoms with Gasteiger partial charge in [0.2, 0.25) is 5.91 Å². The van der Waals surface area contributed by atoms with Crippen LogP contribution in [0.1, 0.15) is 31.2 Å². The van der Waals surface area contributed by atoms with E-state index in [2.05, 4.69) is 0 Å². The number of rotatable bonds is 6. The minimum Gasteiger partial charge on any atom is -0.497 e. The van der Waals surface area contributed by atoms with E-state index in [9.17, 15) is 19.5 Å². The van der Waals surface area contributed by atoms with Gasteiger partial charge < -0.3 is 14.7 Å². The van der Waals surface area contributed by atoms with Crippen LogP contribution in [-0.4, -0.2) is 64.8 Å². The van der Waals surface area contributed by atoms with Crippen molar-refractivity contribution in [2.24, 2.45) is 0 Å². The molecule has 1 unspecified atom stereocenters. The quantitative estimate of drug-likeness (QED) is 0.733. The zero-order valence-corrected chi connectivity index (χ0v) is 16.6. The Bertz CT molecular complexity index is 775. The SMILES string of the molecule is COc1ccc(C=C2SC(=O)N(CC(=O)N3CCCCC3CCO)C2=O)cc1. The second-order valence-electron chi connectivity index (χ2n) is 6.79. The minimum absolute atomic E-state index is 0.0145. The summed E-state index contributed by atoms with van der Waals surface area (Å²) >= 11 is 0.843. The number of thioether (sulfide) groups is 1. The van der Waals surface area contributed by atoms with Gasteiger partial charge in [0.1, 0.15) is 12.3 Å². The van der Waals surface area contributed by atoms with E-state index in [0.717, 1.165) is 41.5 Å². The second-order valence-corrected chi connectivity index (χ2v) is 7.78. The van der Waals surface area contributed by atoms with E-state index >= 15 is 0 Å². The molecular formula is C20H24N2O5S. The summed E-state index contributed by atoms with van der Waals surface area (Å²) < 4.78 is 5.11. The molecule has 2 aliphatic rings. The smallest absolute Gasteiger partial charge is 0.294 e. The van der Waals surface area contributed by atoms with Gasteiger partial charge in [-0.05, 0) is 61.2 Å². The van der Waals surface area contributed by atoms with Crippen molar-refractivity contribution < 1.29 is 24.2 Å². The van der Waals surface area contributed by atoms with Crippen LogP contribution in [-0.2, 0) is 9.59 Å². The predicted molar refractivity (Wildman–Crippen MR) is 107 cm³/mol. The molecule has 0 aromatic heterocycles. The molecule has 0 saturated carbocycles. The van der Waals surface area contributed by atoms with Crippen molar-refractivity contribution in [3.63, 3.8) is 0 Å². The number of imide groups is 1. The molecule has 0 spiro atoms. The summed E-state index contributed by atoms with van der Waals surface area (Å²) in [4.78, 5) is 40.7. The number of piperidine rings is 1. The van der Waals surface area contributed by atoms with Crippen molar-refractivity contribution in [1.82, 2.24) is 9.80 Å². The van der Waals surface area contributed by atoms with Gasteiger partial charge in [0.25, 0.3) is 11.1 Å². The van der Waals surface area contributed by atoms with E-state index in [1.54, 1.807) is 42.4 Å². The van der Waals surface area contributed by atoms with Crippen LogP contribution in [0, 0.1) is 0 Å². The lowest BCUT2D eigenvalue weighted by atomic mass is 9.99. The standard InChI is InChI=1S/C20H24N2O5S/c1-27-16-7-5-14(6-8-16)12-17-19(25)22(20(26)28-17)13-18(24)21-10-3-2-4-15(21)9-11-23/h5-8,12,15,23H,2-4,9-11,13H2,1H3. The summed E-state index contributed by atoms with van der Waals surface area (Å²) in [6.45, 7) is 0.356. The van der Waals surface area contributed by atoms with Gasteiger partial charge in [-0.1, -0.05) is 12.1 Å². The highest BCUT2D eigenvalue weighted by Gasteiger charge is 2.38. The Balaban J connectivity index is 1.69. The number of aliphatic hydroxyl groups excluding tert-OH is 1. The summed E-state index contributed by atoms with van der Waals surface area (Å²) in [6, 6.07) is 7.12. The fourth-order valence-electron chi connectivity index (χ4n) is 3.49. The molecule has 7 nitrogen and oxygen atoms in total. The van der Waals surface area contributed by atoms with Crippen molar-refractivity contribution >= 4 is 34.9 Å². The van der Waals surface area contributed by atoms with Gasteiger partial charge in [-0.25, -0.2) is 0 Å². The molecule has 2 heterocycles. The molecule has 2 fully saturated rings. The maximum atomic E-state index is 12.7. The summed E-state index contributed by atoms with van der Waals surface area (Å²) in [7, 11) is 1.57. The second kappa shape index (κ2) is 9.25. The third kappa shape index (κ3) is 4.56. The van der Waals surface area contributed by atoms with Crippen LogP contribution >= 0.6 is 11.8 Å². The molecule has 2 saturated heterocycles. The maximum absolute atomic E-state index is 12.7. The fraction of sp³-hybridized carbons (Fsp3) is 0.450. The number of hydrogen-bond acceptors (Lipinski definition) is 6. The molecule has 150 valence electrons. The summed E-state index contributed by atoms with van der Waals surface area (Å²) in [5.41, 5.74) is 0.775. The van der Waals surface area contributed by atoms with E-state index in [1.165, 1.54) is 0 Å². The van der Waals surface area contributed by atoms with Crippen LogP contribution in [0.15, 0.2) is 29.2 Å². The predicted octanol–water partition coefficient (Wildman–Crippen LogP) is 2.50. The third-order valence-electron chi connectivity index (χ3n) is 4.99. The Morgan fingerprint density at radius 3 is 2.71 bits per heavy atom. The number of carbonyl (C=O) groups is 3. The Labute approximate surface area is 168 Å². The van der Waals surface area contributed by atoms with Crippen LogP contribution in [0.5, 0.6) is 5.75 Å². The Morgan fingerprint density at radius 1 is 1.29 bits per heavy atom. The van der Waals surface area contributed by atoms with Gasteiger partial charge in [-0.3, -0.25) is 19.3 Å². The van der Waals surface area contributed by atoms with Crippen molar-refractivity contribution in [2.75, 3.05) is 26.8 Å². The van der Waals surface area contributed by atoms with Gasteiger partial charge in [0.05, 0.1) is 12.0 Å². The zero-order chi connectivity index (χ0) is 20.1. The van der Waals surface area contributed by atoms with Gasteiger partial charge in [-0.15, -0.1) is 0 Å². The van der Waals surface area contributed by atoms with Gasteiger partial charge in [0.15, 0.2) is 0 Å². The highest BCUT2D eigenvalue weighted by molar-refractivity contribution is 8.18. The fourth-order valence-corrected chi connectivity index (χ4v) is 4.33. The summed E-state index contributed by atoms with van der Waals surface area (Å²) in [5, 5.41) is 8.78. The number of ether oxygens (including phenoxy) is 1. The van der Waals surface area contributed by atoms with Crippen LogP contribution < -0.4 is 4.74 Å². The first kappa shape index (κ1) is 20.4. The number of nitrogens with zero attached hydrogens (tertiary/aromatic N) is 2. The van der Waals surface area contributed by atoms with Crippen LogP contribution in [0.4, 0.5) is 4.79 Å². The molecule has 0 bridgehead atoms. The van der Waals surface area contributed by atoms with Crippen molar-refractivity contribution in [3.8, 4) is 5.75 Å². The maximum Gasteiger partial charge on any atom is 0.294 e. The average Bonchev–Trinajstić information content (AvgIpc) is 2.96. The van der Waals surface area contributed by atoms with Gasteiger partial charge >= 0.3 is 0 Å². The first-order valence-electron chi connectivity index (χ1n) is 9.33. The van der Waals surface area contributed by atoms with Crippen LogP contribution in [0.3, 0.4) is 0 Å². The van der Waals surface area contributed by atoms with Crippen LogP contribution in [0.2, 0.25) is 0 Å². The lowest BCUT2D eigenvalue weighted by Gasteiger charge is -2.36. The number of hydrogen-bond donors (Lipinski definition) is 1. The van der Waals surface area contributed by atoms with Gasteiger partial charge in [-0.2, -0.15) is 0 Å².